The van der Waals surface area contributed by atoms with Crippen molar-refractivity contribution in [1.29, 1.82) is 0 Å². The van der Waals surface area contributed by atoms with Crippen LogP contribution in [0.25, 0.3) is 0 Å². The molecule has 0 spiro atoms. The van der Waals surface area contributed by atoms with Crippen molar-refractivity contribution < 1.29 is 19.4 Å². The van der Waals surface area contributed by atoms with Crippen molar-refractivity contribution in [3.8, 4) is 11.6 Å². The van der Waals surface area contributed by atoms with Gasteiger partial charge in [-0.15, -0.1) is 11.8 Å². The number of carboxylic acid groups (broad SMARTS) is 1. The maximum Gasteiger partial charge on any atom is 0.234 e. The van der Waals surface area contributed by atoms with Crippen LogP contribution in [-0.2, 0) is 9.59 Å². The van der Waals surface area contributed by atoms with Crippen molar-refractivity contribution in [2.45, 2.75) is 0 Å². The van der Waals surface area contributed by atoms with E-state index in [9.17, 15) is 14.7 Å². The van der Waals surface area contributed by atoms with Gasteiger partial charge in [-0.05, 0) is 18.2 Å². The smallest absolute Gasteiger partial charge is 0.234 e. The van der Waals surface area contributed by atoms with E-state index in [4.69, 9.17) is 27.9 Å². The second kappa shape index (κ2) is 8.77. The van der Waals surface area contributed by atoms with E-state index < -0.39 is 5.97 Å². The number of rotatable bonds is 7. The number of ether oxygens (including phenoxy) is 1. The molecule has 24 heavy (non-hydrogen) atoms. The molecule has 0 aliphatic rings. The van der Waals surface area contributed by atoms with E-state index in [1.807, 2.05) is 0 Å². The number of hydrogen-bond donors (Lipinski definition) is 1. The van der Waals surface area contributed by atoms with Crippen LogP contribution in [0, 0.1) is 0 Å². The molecule has 0 unspecified atom stereocenters. The second-order valence-corrected chi connectivity index (χ2v) is 6.25. The van der Waals surface area contributed by atoms with E-state index in [-0.39, 0.29) is 23.3 Å². The molecule has 9 heteroatoms. The number of aromatic nitrogens is 1. The summed E-state index contributed by atoms with van der Waals surface area (Å²) in [4.78, 5) is 25.9. The number of thioether (sulfide) groups is 1. The number of pyridine rings is 1. The third-order valence-corrected chi connectivity index (χ3v) is 4.10. The van der Waals surface area contributed by atoms with Crippen LogP contribution in [0.4, 0.5) is 5.69 Å². The van der Waals surface area contributed by atoms with Crippen LogP contribution in [0.3, 0.4) is 0 Å². The number of hydrogen-bond acceptors (Lipinski definition) is 6. The number of carbonyl (C=O) groups excluding carboxylic acids is 2. The predicted octanol–water partition coefficient (Wildman–Crippen LogP) is 2.60. The SMILES string of the molecule is O=C([O-])CSCC(=O)Nc1ccc(Oc2c(Cl)cccc2Cl)nc1. The first-order valence-electron chi connectivity index (χ1n) is 6.61. The van der Waals surface area contributed by atoms with Crippen LogP contribution in [0.5, 0.6) is 11.6 Å². The number of carbonyl (C=O) groups is 2. The molecule has 2 rings (SSSR count). The number of nitrogens with zero attached hydrogens (tertiary/aromatic N) is 1. The van der Waals surface area contributed by atoms with Crippen molar-refractivity contribution >= 4 is 52.5 Å². The molecule has 1 aromatic carbocycles. The third kappa shape index (κ3) is 5.59. The summed E-state index contributed by atoms with van der Waals surface area (Å²) in [6.07, 6.45) is 1.40. The van der Waals surface area contributed by atoms with Gasteiger partial charge in [-0.1, -0.05) is 29.3 Å². The molecule has 0 radical (unpaired) electrons. The Balaban J connectivity index is 1.93. The Morgan fingerprint density at radius 1 is 1.17 bits per heavy atom. The summed E-state index contributed by atoms with van der Waals surface area (Å²) in [6.45, 7) is 0. The average molecular weight is 386 g/mol. The van der Waals surface area contributed by atoms with Gasteiger partial charge in [0.05, 0.1) is 33.7 Å². The van der Waals surface area contributed by atoms with Gasteiger partial charge in [0.2, 0.25) is 11.8 Å². The van der Waals surface area contributed by atoms with E-state index in [1.165, 1.54) is 6.20 Å². The van der Waals surface area contributed by atoms with E-state index in [2.05, 4.69) is 10.3 Å². The third-order valence-electron chi connectivity index (χ3n) is 2.60. The normalized spacial score (nSPS) is 10.2. The highest BCUT2D eigenvalue weighted by Gasteiger charge is 2.09. The Morgan fingerprint density at radius 2 is 1.88 bits per heavy atom. The Hall–Kier alpha value is -1.96. The molecule has 6 nitrogen and oxygen atoms in total. The maximum absolute atomic E-state index is 11.6. The lowest BCUT2D eigenvalue weighted by Gasteiger charge is -2.09. The highest BCUT2D eigenvalue weighted by atomic mass is 35.5. The lowest BCUT2D eigenvalue weighted by atomic mass is 10.3. The maximum atomic E-state index is 11.6. The Kier molecular flexibility index (Phi) is 6.72. The van der Waals surface area contributed by atoms with E-state index in [1.54, 1.807) is 30.3 Å². The monoisotopic (exact) mass is 385 g/mol. The van der Waals surface area contributed by atoms with Gasteiger partial charge in [-0.25, -0.2) is 4.98 Å². The first-order chi connectivity index (χ1) is 11.5. The Labute approximate surface area is 152 Å². The van der Waals surface area contributed by atoms with Gasteiger partial charge in [0.15, 0.2) is 5.75 Å². The van der Waals surface area contributed by atoms with Crippen molar-refractivity contribution in [3.63, 3.8) is 0 Å². The standard InChI is InChI=1S/C15H12Cl2N2O4S/c16-10-2-1-3-11(17)15(10)23-13-5-4-9(6-18-13)19-12(20)7-24-8-14(21)22/h1-6H,7-8H2,(H,19,20)(H,21,22)/p-1. The Morgan fingerprint density at radius 3 is 2.46 bits per heavy atom. The number of carboxylic acids is 1. The van der Waals surface area contributed by atoms with Crippen molar-refractivity contribution in [2.75, 3.05) is 16.8 Å². The summed E-state index contributed by atoms with van der Waals surface area (Å²) in [6, 6.07) is 8.11. The van der Waals surface area contributed by atoms with E-state index in [0.29, 0.717) is 21.5 Å². The highest BCUT2D eigenvalue weighted by molar-refractivity contribution is 8.00. The topological polar surface area (TPSA) is 91.3 Å². The minimum atomic E-state index is -1.21. The predicted molar refractivity (Wildman–Crippen MR) is 91.7 cm³/mol. The van der Waals surface area contributed by atoms with Gasteiger partial charge in [0.1, 0.15) is 0 Å². The molecule has 126 valence electrons. The number of benzene rings is 1. The fourth-order valence-electron chi connectivity index (χ4n) is 1.62. The lowest BCUT2D eigenvalue weighted by molar-refractivity contribution is -0.301. The van der Waals surface area contributed by atoms with Crippen LogP contribution in [0.2, 0.25) is 10.0 Å². The minimum Gasteiger partial charge on any atom is -0.549 e. The zero-order valence-electron chi connectivity index (χ0n) is 12.1. The quantitative estimate of drug-likeness (QED) is 0.787. The molecule has 0 atom stereocenters. The molecule has 0 saturated carbocycles. The molecule has 0 aliphatic carbocycles. The Bertz CT molecular complexity index is 721. The largest absolute Gasteiger partial charge is 0.549 e. The molecule has 1 N–H and O–H groups in total. The number of nitrogens with one attached hydrogen (secondary N) is 1. The second-order valence-electron chi connectivity index (χ2n) is 4.45. The summed E-state index contributed by atoms with van der Waals surface area (Å²) in [5, 5.41) is 13.6. The molecule has 0 saturated heterocycles. The van der Waals surface area contributed by atoms with Crippen LogP contribution < -0.4 is 15.2 Å². The van der Waals surface area contributed by atoms with E-state index in [0.717, 1.165) is 11.8 Å². The molecule has 0 fully saturated rings. The zero-order valence-corrected chi connectivity index (χ0v) is 14.5. The summed E-state index contributed by atoms with van der Waals surface area (Å²) >= 11 is 13.0. The van der Waals surface area contributed by atoms with Crippen LogP contribution in [-0.4, -0.2) is 28.4 Å². The van der Waals surface area contributed by atoms with Gasteiger partial charge in [0, 0.05) is 11.8 Å². The van der Waals surface area contributed by atoms with Gasteiger partial charge < -0.3 is 20.0 Å². The summed E-state index contributed by atoms with van der Waals surface area (Å²) in [5.74, 6) is -1.24. The van der Waals surface area contributed by atoms with Gasteiger partial charge >= 0.3 is 0 Å². The van der Waals surface area contributed by atoms with Crippen LogP contribution >= 0.6 is 35.0 Å². The number of amides is 1. The highest BCUT2D eigenvalue weighted by Crippen LogP contribution is 2.35. The number of halogens is 2. The van der Waals surface area contributed by atoms with Crippen LogP contribution in [0.1, 0.15) is 0 Å². The fourth-order valence-corrected chi connectivity index (χ4v) is 2.62. The molecular weight excluding hydrogens is 375 g/mol. The molecule has 0 bridgehead atoms. The number of anilines is 1. The van der Waals surface area contributed by atoms with E-state index >= 15 is 0 Å². The van der Waals surface area contributed by atoms with Gasteiger partial charge in [-0.3, -0.25) is 4.79 Å². The first-order valence-corrected chi connectivity index (χ1v) is 8.52. The average Bonchev–Trinajstić information content (AvgIpc) is 2.52. The molecule has 1 heterocycles. The van der Waals surface area contributed by atoms with Gasteiger partial charge in [0.25, 0.3) is 0 Å². The summed E-state index contributed by atoms with van der Waals surface area (Å²) in [7, 11) is 0. The number of aliphatic carboxylic acids is 1. The van der Waals surface area contributed by atoms with Crippen molar-refractivity contribution in [2.24, 2.45) is 0 Å². The van der Waals surface area contributed by atoms with Crippen LogP contribution in [0.15, 0.2) is 36.5 Å². The fraction of sp³-hybridized carbons (Fsp3) is 0.133. The molecule has 1 amide bonds. The van der Waals surface area contributed by atoms with Crippen molar-refractivity contribution in [1.82, 2.24) is 4.98 Å². The molecule has 2 aromatic rings. The van der Waals surface area contributed by atoms with Crippen molar-refractivity contribution in [3.05, 3.63) is 46.6 Å². The number of para-hydroxylation sites is 1. The molecular formula is C15H11Cl2N2O4S-. The molecule has 1 aromatic heterocycles. The minimum absolute atomic E-state index is 0.00145. The molecule has 0 aliphatic heterocycles. The lowest BCUT2D eigenvalue weighted by Crippen LogP contribution is -2.25. The summed E-state index contributed by atoms with van der Waals surface area (Å²) < 4.78 is 5.53. The summed E-state index contributed by atoms with van der Waals surface area (Å²) in [5.41, 5.74) is 0.451. The zero-order chi connectivity index (χ0) is 17.5. The first kappa shape index (κ1) is 18.4. The van der Waals surface area contributed by atoms with Gasteiger partial charge in [-0.2, -0.15) is 0 Å².